The van der Waals surface area contributed by atoms with Gasteiger partial charge in [-0.15, -0.1) is 12.4 Å². The summed E-state index contributed by atoms with van der Waals surface area (Å²) in [5, 5.41) is 0. The number of ketones is 1. The second-order valence-corrected chi connectivity index (χ2v) is 2.02. The maximum Gasteiger partial charge on any atom is 0.178 e. The molecule has 3 nitrogen and oxygen atoms in total. The second-order valence-electron chi connectivity index (χ2n) is 2.02. The van der Waals surface area contributed by atoms with Crippen LogP contribution in [0.3, 0.4) is 0 Å². The molecule has 0 unspecified atom stereocenters. The molecule has 1 rings (SSSR count). The summed E-state index contributed by atoms with van der Waals surface area (Å²) < 4.78 is 12.4. The molecule has 0 aromatic carbocycles. The lowest BCUT2D eigenvalue weighted by atomic mass is 10.2. The highest BCUT2D eigenvalue weighted by Gasteiger charge is 2.03. The van der Waals surface area contributed by atoms with Gasteiger partial charge in [0.25, 0.3) is 0 Å². The fourth-order valence-electron chi connectivity index (χ4n) is 0.682. The molecule has 0 aliphatic rings. The summed E-state index contributed by atoms with van der Waals surface area (Å²) in [6.07, 6.45) is 2.32. The average molecular weight is 191 g/mol. The van der Waals surface area contributed by atoms with E-state index in [-0.39, 0.29) is 30.3 Å². The standard InChI is InChI=1S/C7H7FN2O.ClH/c8-6-1-5(3-10-4-6)7(11)2-9;/h1,3-4H,2,9H2;1H. The highest BCUT2D eigenvalue weighted by Crippen LogP contribution is 2.00. The van der Waals surface area contributed by atoms with E-state index in [0.29, 0.717) is 0 Å². The van der Waals surface area contributed by atoms with E-state index in [1.807, 2.05) is 0 Å². The van der Waals surface area contributed by atoms with Gasteiger partial charge >= 0.3 is 0 Å². The number of carbonyl (C=O) groups excluding carboxylic acids is 1. The van der Waals surface area contributed by atoms with Crippen molar-refractivity contribution in [1.29, 1.82) is 0 Å². The highest BCUT2D eigenvalue weighted by atomic mass is 35.5. The van der Waals surface area contributed by atoms with Crippen molar-refractivity contribution >= 4 is 18.2 Å². The third kappa shape index (κ3) is 2.56. The topological polar surface area (TPSA) is 56.0 Å². The van der Waals surface area contributed by atoms with Gasteiger partial charge in [0.05, 0.1) is 12.7 Å². The van der Waals surface area contributed by atoms with E-state index < -0.39 is 5.82 Å². The van der Waals surface area contributed by atoms with Gasteiger partial charge in [-0.1, -0.05) is 0 Å². The lowest BCUT2D eigenvalue weighted by molar-refractivity contribution is 0.100. The molecule has 0 amide bonds. The van der Waals surface area contributed by atoms with E-state index in [4.69, 9.17) is 5.73 Å². The molecule has 0 saturated carbocycles. The number of carbonyl (C=O) groups is 1. The van der Waals surface area contributed by atoms with Crippen LogP contribution in [0.2, 0.25) is 0 Å². The number of rotatable bonds is 2. The summed E-state index contributed by atoms with van der Waals surface area (Å²) in [7, 11) is 0. The Kier molecular flexibility index (Phi) is 4.39. The van der Waals surface area contributed by atoms with E-state index in [1.165, 1.54) is 6.20 Å². The van der Waals surface area contributed by atoms with Crippen molar-refractivity contribution in [3.8, 4) is 0 Å². The second kappa shape index (κ2) is 4.79. The van der Waals surface area contributed by atoms with E-state index in [9.17, 15) is 9.18 Å². The molecular formula is C7H8ClFN2O. The molecule has 5 heteroatoms. The van der Waals surface area contributed by atoms with Crippen LogP contribution in [-0.4, -0.2) is 17.3 Å². The normalized spacial score (nSPS) is 8.83. The van der Waals surface area contributed by atoms with Gasteiger partial charge in [-0.3, -0.25) is 9.78 Å². The van der Waals surface area contributed by atoms with Crippen LogP contribution >= 0.6 is 12.4 Å². The van der Waals surface area contributed by atoms with Crippen LogP contribution in [0, 0.1) is 5.82 Å². The smallest absolute Gasteiger partial charge is 0.178 e. The first kappa shape index (κ1) is 11.0. The minimum Gasteiger partial charge on any atom is -0.324 e. The predicted octanol–water partition coefficient (Wildman–Crippen LogP) is 0.784. The van der Waals surface area contributed by atoms with Crippen LogP contribution in [0.1, 0.15) is 10.4 Å². The summed E-state index contributed by atoms with van der Waals surface area (Å²) in [6.45, 7) is -0.120. The number of Topliss-reactive ketones (excluding diaryl/α,β-unsaturated/α-hetero) is 1. The van der Waals surface area contributed by atoms with Gasteiger partial charge in [0.2, 0.25) is 0 Å². The summed E-state index contributed by atoms with van der Waals surface area (Å²) in [4.78, 5) is 14.3. The summed E-state index contributed by atoms with van der Waals surface area (Å²) in [5.41, 5.74) is 5.27. The maximum atomic E-state index is 12.4. The Balaban J connectivity index is 0.00000121. The largest absolute Gasteiger partial charge is 0.324 e. The molecule has 1 heterocycles. The van der Waals surface area contributed by atoms with Gasteiger partial charge in [0, 0.05) is 11.8 Å². The number of hydrogen-bond donors (Lipinski definition) is 1. The number of halogens is 2. The van der Waals surface area contributed by atoms with Gasteiger partial charge in [-0.05, 0) is 6.07 Å². The predicted molar refractivity (Wildman–Crippen MR) is 44.8 cm³/mol. The third-order valence-corrected chi connectivity index (χ3v) is 1.21. The van der Waals surface area contributed by atoms with Gasteiger partial charge in [0.15, 0.2) is 5.78 Å². The minimum atomic E-state index is -0.524. The lowest BCUT2D eigenvalue weighted by Gasteiger charge is -1.94. The molecule has 2 N–H and O–H groups in total. The Bertz CT molecular complexity index is 280. The average Bonchev–Trinajstić information content (AvgIpc) is 2.03. The molecule has 0 aliphatic heterocycles. The molecule has 0 aliphatic carbocycles. The zero-order valence-electron chi connectivity index (χ0n) is 6.16. The Hall–Kier alpha value is -1.00. The van der Waals surface area contributed by atoms with Crippen LogP contribution < -0.4 is 5.73 Å². The van der Waals surface area contributed by atoms with Crippen LogP contribution in [0.25, 0.3) is 0 Å². The van der Waals surface area contributed by atoms with Crippen molar-refractivity contribution in [3.63, 3.8) is 0 Å². The highest BCUT2D eigenvalue weighted by molar-refractivity contribution is 5.97. The summed E-state index contributed by atoms with van der Waals surface area (Å²) >= 11 is 0. The summed E-state index contributed by atoms with van der Waals surface area (Å²) in [6, 6.07) is 1.11. The minimum absolute atomic E-state index is 0. The van der Waals surface area contributed by atoms with Crippen LogP contribution in [-0.2, 0) is 0 Å². The first-order valence-electron chi connectivity index (χ1n) is 3.08. The molecule has 0 saturated heterocycles. The molecule has 0 atom stereocenters. The van der Waals surface area contributed by atoms with Crippen LogP contribution in [0.15, 0.2) is 18.5 Å². The Morgan fingerprint density at radius 3 is 2.75 bits per heavy atom. The zero-order chi connectivity index (χ0) is 8.27. The molecule has 1 aromatic rings. The first-order valence-corrected chi connectivity index (χ1v) is 3.08. The molecule has 1 aromatic heterocycles. The van der Waals surface area contributed by atoms with Gasteiger partial charge in [0.1, 0.15) is 5.82 Å². The van der Waals surface area contributed by atoms with Crippen molar-refractivity contribution in [2.24, 2.45) is 5.73 Å². The third-order valence-electron chi connectivity index (χ3n) is 1.21. The number of nitrogens with two attached hydrogens (primary N) is 1. The van der Waals surface area contributed by atoms with Crippen molar-refractivity contribution < 1.29 is 9.18 Å². The molecule has 0 bridgehead atoms. The van der Waals surface area contributed by atoms with E-state index in [1.54, 1.807) is 0 Å². The summed E-state index contributed by atoms with van der Waals surface area (Å²) in [5.74, 6) is -0.832. The van der Waals surface area contributed by atoms with Crippen molar-refractivity contribution in [3.05, 3.63) is 29.8 Å². The maximum absolute atomic E-state index is 12.4. The molecule has 0 fully saturated rings. The van der Waals surface area contributed by atoms with Gasteiger partial charge in [-0.2, -0.15) is 0 Å². The first-order chi connectivity index (χ1) is 5.24. The van der Waals surface area contributed by atoms with Gasteiger partial charge < -0.3 is 5.73 Å². The SMILES string of the molecule is Cl.NCC(=O)c1cncc(F)c1. The Morgan fingerprint density at radius 2 is 2.25 bits per heavy atom. The number of hydrogen-bond acceptors (Lipinski definition) is 3. The monoisotopic (exact) mass is 190 g/mol. The molecule has 66 valence electrons. The van der Waals surface area contributed by atoms with E-state index in [2.05, 4.69) is 4.98 Å². The van der Waals surface area contributed by atoms with E-state index >= 15 is 0 Å². The van der Waals surface area contributed by atoms with Crippen molar-refractivity contribution in [1.82, 2.24) is 4.98 Å². The number of aromatic nitrogens is 1. The molecule has 0 radical (unpaired) electrons. The molecule has 12 heavy (non-hydrogen) atoms. The van der Waals surface area contributed by atoms with Crippen LogP contribution in [0.5, 0.6) is 0 Å². The number of nitrogens with zero attached hydrogens (tertiary/aromatic N) is 1. The van der Waals surface area contributed by atoms with E-state index in [0.717, 1.165) is 12.3 Å². The van der Waals surface area contributed by atoms with Gasteiger partial charge in [-0.25, -0.2) is 4.39 Å². The Morgan fingerprint density at radius 1 is 1.58 bits per heavy atom. The van der Waals surface area contributed by atoms with Crippen LogP contribution in [0.4, 0.5) is 4.39 Å². The van der Waals surface area contributed by atoms with Crippen molar-refractivity contribution in [2.45, 2.75) is 0 Å². The Labute approximate surface area is 75.2 Å². The van der Waals surface area contributed by atoms with Crippen molar-refractivity contribution in [2.75, 3.05) is 6.54 Å². The lowest BCUT2D eigenvalue weighted by Crippen LogP contribution is -2.13. The number of pyridine rings is 1. The molecular weight excluding hydrogens is 183 g/mol. The zero-order valence-corrected chi connectivity index (χ0v) is 6.97. The fourth-order valence-corrected chi connectivity index (χ4v) is 0.682. The molecule has 0 spiro atoms. The fraction of sp³-hybridized carbons (Fsp3) is 0.143. The quantitative estimate of drug-likeness (QED) is 0.702.